The van der Waals surface area contributed by atoms with Crippen molar-refractivity contribution in [2.45, 2.75) is 32.9 Å². The molecule has 3 N–H and O–H groups in total. The Balaban J connectivity index is 1.68. The van der Waals surface area contributed by atoms with Crippen molar-refractivity contribution < 1.29 is 14.5 Å². The van der Waals surface area contributed by atoms with E-state index in [-0.39, 0.29) is 23.7 Å². The van der Waals surface area contributed by atoms with Crippen LogP contribution in [0.2, 0.25) is 5.02 Å². The lowest BCUT2D eigenvalue weighted by molar-refractivity contribution is -0.384. The standard InChI is InChI=1S/C21H27ClN4O4/c1-21(2,3)25-20(27)14-30-17-7-4-15(5-8-17)13-23-10-11-24-19-9-6-16(26(28)29)12-18(19)22/h4-9,12,23-24H,10-11,13-14H2,1-3H3,(H,25,27). The van der Waals surface area contributed by atoms with Gasteiger partial charge in [-0.3, -0.25) is 14.9 Å². The summed E-state index contributed by atoms with van der Waals surface area (Å²) in [5, 5.41) is 20.3. The van der Waals surface area contributed by atoms with Crippen LogP contribution in [-0.4, -0.2) is 36.1 Å². The second-order valence-corrected chi connectivity index (χ2v) is 8.16. The number of carbonyl (C=O) groups excluding carboxylic acids is 1. The summed E-state index contributed by atoms with van der Waals surface area (Å²) in [5.74, 6) is 0.478. The molecule has 2 rings (SSSR count). The molecule has 1 amide bonds. The summed E-state index contributed by atoms with van der Waals surface area (Å²) in [6.45, 7) is 7.70. The lowest BCUT2D eigenvalue weighted by Gasteiger charge is -2.20. The molecule has 2 aromatic carbocycles. The van der Waals surface area contributed by atoms with Gasteiger partial charge in [0.2, 0.25) is 0 Å². The molecule has 0 aliphatic heterocycles. The molecule has 0 spiro atoms. The van der Waals surface area contributed by atoms with Crippen LogP contribution in [0.4, 0.5) is 11.4 Å². The summed E-state index contributed by atoms with van der Waals surface area (Å²) in [4.78, 5) is 22.0. The Morgan fingerprint density at radius 1 is 1.13 bits per heavy atom. The second kappa shape index (κ2) is 10.8. The number of halogens is 1. The second-order valence-electron chi connectivity index (χ2n) is 7.76. The number of non-ortho nitro benzene ring substituents is 1. The van der Waals surface area contributed by atoms with Gasteiger partial charge in [-0.1, -0.05) is 23.7 Å². The van der Waals surface area contributed by atoms with Crippen LogP contribution in [-0.2, 0) is 11.3 Å². The number of rotatable bonds is 10. The maximum atomic E-state index is 11.8. The summed E-state index contributed by atoms with van der Waals surface area (Å²) in [7, 11) is 0. The minimum Gasteiger partial charge on any atom is -0.484 e. The van der Waals surface area contributed by atoms with Gasteiger partial charge < -0.3 is 20.7 Å². The number of hydrogen-bond donors (Lipinski definition) is 3. The number of ether oxygens (including phenoxy) is 1. The normalized spacial score (nSPS) is 11.1. The monoisotopic (exact) mass is 434 g/mol. The molecule has 0 saturated carbocycles. The first-order valence-corrected chi connectivity index (χ1v) is 9.93. The Morgan fingerprint density at radius 2 is 1.83 bits per heavy atom. The molecular formula is C21H27ClN4O4. The average molecular weight is 435 g/mol. The van der Waals surface area contributed by atoms with Crippen molar-refractivity contribution in [1.29, 1.82) is 0 Å². The summed E-state index contributed by atoms with van der Waals surface area (Å²) in [6, 6.07) is 11.9. The predicted octanol–water partition coefficient (Wildman–Crippen LogP) is 3.74. The Bertz CT molecular complexity index is 866. The number of hydrogen-bond acceptors (Lipinski definition) is 6. The highest BCUT2D eigenvalue weighted by Crippen LogP contribution is 2.26. The van der Waals surface area contributed by atoms with Crippen molar-refractivity contribution >= 4 is 28.9 Å². The molecule has 0 atom stereocenters. The summed E-state index contributed by atoms with van der Waals surface area (Å²) < 4.78 is 5.50. The van der Waals surface area contributed by atoms with Gasteiger partial charge in [0.05, 0.1) is 15.6 Å². The van der Waals surface area contributed by atoms with Crippen LogP contribution in [0.25, 0.3) is 0 Å². The molecule has 8 nitrogen and oxygen atoms in total. The van der Waals surface area contributed by atoms with Gasteiger partial charge in [-0.25, -0.2) is 0 Å². The Morgan fingerprint density at radius 3 is 2.43 bits per heavy atom. The van der Waals surface area contributed by atoms with Crippen molar-refractivity contribution in [1.82, 2.24) is 10.6 Å². The number of nitro benzene ring substituents is 1. The molecule has 0 unspecified atom stereocenters. The van der Waals surface area contributed by atoms with Gasteiger partial charge in [-0.15, -0.1) is 0 Å². The van der Waals surface area contributed by atoms with Crippen LogP contribution < -0.4 is 20.7 Å². The van der Waals surface area contributed by atoms with Crippen LogP contribution in [0.3, 0.4) is 0 Å². The van der Waals surface area contributed by atoms with Gasteiger partial charge in [0.25, 0.3) is 11.6 Å². The molecule has 0 aliphatic carbocycles. The zero-order chi connectivity index (χ0) is 22.1. The van der Waals surface area contributed by atoms with Crippen LogP contribution in [0, 0.1) is 10.1 Å². The van der Waals surface area contributed by atoms with Gasteiger partial charge in [-0.05, 0) is 44.5 Å². The molecule has 0 aromatic heterocycles. The van der Waals surface area contributed by atoms with E-state index in [1.807, 2.05) is 45.0 Å². The van der Waals surface area contributed by atoms with Crippen molar-refractivity contribution in [3.8, 4) is 5.75 Å². The molecule has 0 aliphatic rings. The minimum atomic E-state index is -0.478. The third kappa shape index (κ3) is 8.26. The third-order valence-electron chi connectivity index (χ3n) is 3.92. The van der Waals surface area contributed by atoms with Crippen LogP contribution in [0.5, 0.6) is 5.75 Å². The number of nitro groups is 1. The Kier molecular flexibility index (Phi) is 8.44. The van der Waals surface area contributed by atoms with Gasteiger partial charge >= 0.3 is 0 Å². The number of anilines is 1. The SMILES string of the molecule is CC(C)(C)NC(=O)COc1ccc(CNCCNc2ccc([N+](=O)[O-])cc2Cl)cc1. The highest BCUT2D eigenvalue weighted by Gasteiger charge is 2.14. The maximum Gasteiger partial charge on any atom is 0.271 e. The van der Waals surface area contributed by atoms with Gasteiger partial charge in [0, 0.05) is 37.3 Å². The number of benzene rings is 2. The highest BCUT2D eigenvalue weighted by atomic mass is 35.5. The van der Waals surface area contributed by atoms with E-state index in [4.69, 9.17) is 16.3 Å². The van der Waals surface area contributed by atoms with E-state index in [0.29, 0.717) is 36.1 Å². The first-order chi connectivity index (χ1) is 14.1. The van der Waals surface area contributed by atoms with E-state index < -0.39 is 4.92 Å². The average Bonchev–Trinajstić information content (AvgIpc) is 2.66. The molecule has 0 fully saturated rings. The van der Waals surface area contributed by atoms with E-state index >= 15 is 0 Å². The molecule has 0 heterocycles. The van der Waals surface area contributed by atoms with Crippen LogP contribution in [0.15, 0.2) is 42.5 Å². The minimum absolute atomic E-state index is 0.0221. The zero-order valence-corrected chi connectivity index (χ0v) is 18.1. The third-order valence-corrected chi connectivity index (χ3v) is 4.23. The number of nitrogens with one attached hydrogen (secondary N) is 3. The summed E-state index contributed by atoms with van der Waals surface area (Å²) in [5.41, 5.74) is 1.41. The molecule has 0 saturated heterocycles. The van der Waals surface area contributed by atoms with E-state index in [2.05, 4.69) is 16.0 Å². The molecule has 9 heteroatoms. The van der Waals surface area contributed by atoms with Gasteiger partial charge in [-0.2, -0.15) is 0 Å². The summed E-state index contributed by atoms with van der Waals surface area (Å²) in [6.07, 6.45) is 0. The van der Waals surface area contributed by atoms with Crippen molar-refractivity contribution in [2.24, 2.45) is 0 Å². The lowest BCUT2D eigenvalue weighted by Crippen LogP contribution is -2.43. The summed E-state index contributed by atoms with van der Waals surface area (Å²) >= 11 is 6.05. The van der Waals surface area contributed by atoms with E-state index in [0.717, 1.165) is 5.56 Å². The Hall–Kier alpha value is -2.84. The van der Waals surface area contributed by atoms with E-state index in [9.17, 15) is 14.9 Å². The largest absolute Gasteiger partial charge is 0.484 e. The van der Waals surface area contributed by atoms with Crippen LogP contribution in [0.1, 0.15) is 26.3 Å². The first kappa shape index (κ1) is 23.4. The topological polar surface area (TPSA) is 106 Å². The zero-order valence-electron chi connectivity index (χ0n) is 17.3. The van der Waals surface area contributed by atoms with E-state index in [1.54, 1.807) is 6.07 Å². The number of nitrogens with zero attached hydrogens (tertiary/aromatic N) is 1. The number of carbonyl (C=O) groups is 1. The van der Waals surface area contributed by atoms with E-state index in [1.165, 1.54) is 12.1 Å². The quantitative estimate of drug-likeness (QED) is 0.299. The Labute approximate surface area is 181 Å². The van der Waals surface area contributed by atoms with Gasteiger partial charge in [0.1, 0.15) is 5.75 Å². The maximum absolute atomic E-state index is 11.8. The molecule has 162 valence electrons. The van der Waals surface area contributed by atoms with Crippen molar-refractivity contribution in [3.63, 3.8) is 0 Å². The fourth-order valence-electron chi connectivity index (χ4n) is 2.59. The predicted molar refractivity (Wildman–Crippen MR) is 118 cm³/mol. The molecule has 30 heavy (non-hydrogen) atoms. The highest BCUT2D eigenvalue weighted by molar-refractivity contribution is 6.33. The fourth-order valence-corrected chi connectivity index (χ4v) is 2.83. The van der Waals surface area contributed by atoms with Crippen molar-refractivity contribution in [3.05, 3.63) is 63.2 Å². The van der Waals surface area contributed by atoms with Crippen LogP contribution >= 0.6 is 11.6 Å². The molecule has 0 bridgehead atoms. The van der Waals surface area contributed by atoms with Crippen molar-refractivity contribution in [2.75, 3.05) is 25.0 Å². The number of amides is 1. The molecular weight excluding hydrogens is 408 g/mol. The first-order valence-electron chi connectivity index (χ1n) is 9.55. The lowest BCUT2D eigenvalue weighted by atomic mass is 10.1. The smallest absolute Gasteiger partial charge is 0.271 e. The molecule has 0 radical (unpaired) electrons. The van der Waals surface area contributed by atoms with Gasteiger partial charge in [0.15, 0.2) is 6.61 Å². The molecule has 2 aromatic rings. The fraction of sp³-hybridized carbons (Fsp3) is 0.381.